The van der Waals surface area contributed by atoms with Crippen LogP contribution in [0.25, 0.3) is 0 Å². The van der Waals surface area contributed by atoms with Crippen molar-refractivity contribution in [1.29, 1.82) is 0 Å². The fourth-order valence-electron chi connectivity index (χ4n) is 4.29. The minimum Gasteiger partial charge on any atom is -0.480 e. The van der Waals surface area contributed by atoms with Crippen molar-refractivity contribution in [3.63, 3.8) is 0 Å². The van der Waals surface area contributed by atoms with Gasteiger partial charge in [0.1, 0.15) is 6.61 Å². The number of aliphatic carboxylic acids is 2. The van der Waals surface area contributed by atoms with Crippen LogP contribution in [0.2, 0.25) is 0 Å². The molecule has 2 rings (SSSR count). The molecule has 1 heterocycles. The van der Waals surface area contributed by atoms with E-state index in [0.717, 1.165) is 5.56 Å². The second-order valence-corrected chi connectivity index (χ2v) is 10.7. The van der Waals surface area contributed by atoms with Gasteiger partial charge in [0, 0.05) is 70.0 Å². The van der Waals surface area contributed by atoms with Gasteiger partial charge in [-0.2, -0.15) is 0 Å². The first-order chi connectivity index (χ1) is 20.6. The molecule has 0 radical (unpaired) electrons. The van der Waals surface area contributed by atoms with E-state index in [1.165, 1.54) is 0 Å². The lowest BCUT2D eigenvalue weighted by Gasteiger charge is -2.33. The molecule has 0 saturated carbocycles. The fraction of sp³-hybridized carbons (Fsp3) is 0.654. The Kier molecular flexibility index (Phi) is 17.8. The van der Waals surface area contributed by atoms with Crippen LogP contribution in [0.4, 0.5) is 4.79 Å². The van der Waals surface area contributed by atoms with Crippen LogP contribution < -0.4 is 5.32 Å². The van der Waals surface area contributed by atoms with Crippen LogP contribution in [0, 0.1) is 0 Å². The topological polar surface area (TPSA) is 202 Å². The van der Waals surface area contributed by atoms with Crippen molar-refractivity contribution in [1.82, 2.24) is 24.9 Å². The van der Waals surface area contributed by atoms with Gasteiger partial charge in [0.05, 0.1) is 32.4 Å². The van der Waals surface area contributed by atoms with E-state index in [4.69, 9.17) is 18.9 Å². The van der Waals surface area contributed by atoms with Gasteiger partial charge in [-0.25, -0.2) is 4.79 Å². The predicted octanol–water partition coefficient (Wildman–Crippen LogP) is -0.695. The molecule has 1 aromatic carbocycles. The number of benzene rings is 1. The van der Waals surface area contributed by atoms with Crippen molar-refractivity contribution in [3.05, 3.63) is 35.9 Å². The normalized spacial score (nSPS) is 17.8. The zero-order valence-electron chi connectivity index (χ0n) is 24.2. The van der Waals surface area contributed by atoms with Crippen molar-refractivity contribution >= 4 is 26.3 Å². The van der Waals surface area contributed by atoms with Gasteiger partial charge in [0.15, 0.2) is 6.73 Å². The van der Waals surface area contributed by atoms with E-state index in [9.17, 15) is 34.3 Å². The molecule has 2 unspecified atom stereocenters. The van der Waals surface area contributed by atoms with E-state index < -0.39 is 32.4 Å². The lowest BCUT2D eigenvalue weighted by atomic mass is 10.2. The summed E-state index contributed by atoms with van der Waals surface area (Å²) in [6.45, 7) is 2.77. The molecule has 16 nitrogen and oxygen atoms in total. The molecule has 17 heteroatoms. The standard InChI is InChI=1S/C26H42N5O11P/c32-23(16-27-26(37)41-15-14-40-20-22-4-2-1-3-5-22)17-28-6-8-29(18-24(33)34)10-12-31(21-42-43(38)39)13-11-30(9-7-28)19-25(35)36/h1-5,23,32H,6-21H2,(H3-,27,33,34,35,36,37,38,39)/p+1. The third-order valence-corrected chi connectivity index (χ3v) is 6.86. The monoisotopic (exact) mass is 632 g/mol. The number of aliphatic hydroxyl groups excluding tert-OH is 1. The molecule has 1 aliphatic heterocycles. The molecule has 2 atom stereocenters. The summed E-state index contributed by atoms with van der Waals surface area (Å²) in [7, 11) is -2.82. The average Bonchev–Trinajstić information content (AvgIpc) is 2.95. The first kappa shape index (κ1) is 36.4. The lowest BCUT2D eigenvalue weighted by Crippen LogP contribution is -2.49. The van der Waals surface area contributed by atoms with E-state index in [1.54, 1.807) is 14.7 Å². The van der Waals surface area contributed by atoms with Gasteiger partial charge in [0.2, 0.25) is 0 Å². The zero-order valence-corrected chi connectivity index (χ0v) is 25.1. The SMILES string of the molecule is O=C(O)CN1CCN(CO[P+](=O)O)CCN(CC(=O)O)CCN(CC(O)CNC(=O)OCCOCc2ccccc2)CC1. The highest BCUT2D eigenvalue weighted by molar-refractivity contribution is 7.32. The highest BCUT2D eigenvalue weighted by Crippen LogP contribution is 2.15. The maximum Gasteiger partial charge on any atom is 0.696 e. The number of rotatable bonds is 16. The summed E-state index contributed by atoms with van der Waals surface area (Å²) in [4.78, 5) is 51.0. The van der Waals surface area contributed by atoms with Crippen molar-refractivity contribution in [2.45, 2.75) is 12.7 Å². The molecular formula is C26H43N5O11P+. The largest absolute Gasteiger partial charge is 0.696 e. The number of ether oxygens (including phenoxy) is 2. The minimum atomic E-state index is -2.82. The summed E-state index contributed by atoms with van der Waals surface area (Å²) in [6.07, 6.45) is -1.67. The van der Waals surface area contributed by atoms with Gasteiger partial charge in [-0.1, -0.05) is 30.3 Å². The summed E-state index contributed by atoms with van der Waals surface area (Å²) >= 11 is 0. The Morgan fingerprint density at radius 2 is 1.37 bits per heavy atom. The Hall–Kier alpha value is -2.79. The number of hydrogen-bond acceptors (Lipinski definition) is 12. The highest BCUT2D eigenvalue weighted by Gasteiger charge is 2.22. The molecule has 43 heavy (non-hydrogen) atoms. The summed E-state index contributed by atoms with van der Waals surface area (Å²) in [5.41, 5.74) is 1.00. The Labute approximate surface area is 251 Å². The summed E-state index contributed by atoms with van der Waals surface area (Å²) in [5.74, 6) is -2.03. The van der Waals surface area contributed by atoms with Crippen molar-refractivity contribution in [3.8, 4) is 0 Å². The van der Waals surface area contributed by atoms with Crippen LogP contribution in [-0.4, -0.2) is 162 Å². The zero-order chi connectivity index (χ0) is 31.5. The van der Waals surface area contributed by atoms with Gasteiger partial charge in [-0.15, -0.1) is 9.42 Å². The van der Waals surface area contributed by atoms with Gasteiger partial charge < -0.3 is 30.1 Å². The van der Waals surface area contributed by atoms with Crippen molar-refractivity contribution in [2.75, 3.05) is 98.5 Å². The molecule has 0 aliphatic carbocycles. The number of carbonyl (C=O) groups excluding carboxylic acids is 1. The highest BCUT2D eigenvalue weighted by atomic mass is 31.1. The number of carbonyl (C=O) groups is 3. The van der Waals surface area contributed by atoms with Gasteiger partial charge >= 0.3 is 26.3 Å². The van der Waals surface area contributed by atoms with Crippen LogP contribution in [-0.2, 0) is 34.8 Å². The molecule has 1 amide bonds. The average molecular weight is 633 g/mol. The van der Waals surface area contributed by atoms with Gasteiger partial charge in [0.25, 0.3) is 0 Å². The Bertz CT molecular complexity index is 961. The van der Waals surface area contributed by atoms with Gasteiger partial charge in [-0.3, -0.25) is 29.2 Å². The quantitative estimate of drug-likeness (QED) is 0.113. The number of nitrogens with zero attached hydrogens (tertiary/aromatic N) is 4. The molecular weight excluding hydrogens is 589 g/mol. The van der Waals surface area contributed by atoms with Crippen LogP contribution in [0.15, 0.2) is 30.3 Å². The molecule has 0 bridgehead atoms. The van der Waals surface area contributed by atoms with Crippen molar-refractivity contribution in [2.24, 2.45) is 0 Å². The second kappa shape index (κ2) is 21.0. The molecule has 242 valence electrons. The van der Waals surface area contributed by atoms with E-state index >= 15 is 0 Å². The van der Waals surface area contributed by atoms with E-state index in [0.29, 0.717) is 59.0 Å². The van der Waals surface area contributed by atoms with E-state index in [1.807, 2.05) is 35.2 Å². The summed E-state index contributed by atoms with van der Waals surface area (Å²) in [5, 5.41) is 31.9. The Morgan fingerprint density at radius 3 is 1.91 bits per heavy atom. The summed E-state index contributed by atoms with van der Waals surface area (Å²) in [6, 6.07) is 9.57. The number of carboxylic acid groups (broad SMARTS) is 2. The summed E-state index contributed by atoms with van der Waals surface area (Å²) < 4.78 is 26.4. The maximum atomic E-state index is 12.0. The fourth-order valence-corrected chi connectivity index (χ4v) is 4.55. The Balaban J connectivity index is 1.87. The van der Waals surface area contributed by atoms with Crippen molar-refractivity contribution < 1.29 is 53.2 Å². The first-order valence-corrected chi connectivity index (χ1v) is 15.1. The number of alkyl carbamates (subject to hydrolysis) is 1. The molecule has 1 aliphatic rings. The first-order valence-electron chi connectivity index (χ1n) is 13.9. The molecule has 1 fully saturated rings. The number of carboxylic acids is 2. The van der Waals surface area contributed by atoms with Gasteiger partial charge in [-0.05, 0) is 5.56 Å². The molecule has 1 aromatic rings. The number of hydrogen-bond donors (Lipinski definition) is 5. The maximum absolute atomic E-state index is 12.0. The van der Waals surface area contributed by atoms with Crippen LogP contribution in [0.1, 0.15) is 5.56 Å². The van der Waals surface area contributed by atoms with Crippen LogP contribution >= 0.6 is 8.25 Å². The lowest BCUT2D eigenvalue weighted by molar-refractivity contribution is -0.139. The molecule has 5 N–H and O–H groups in total. The number of aliphatic hydroxyl groups is 1. The number of β-amino-alcohol motifs (C(OH)–C–C–N with tert-alkyl or cyclic N) is 1. The smallest absolute Gasteiger partial charge is 0.480 e. The Morgan fingerprint density at radius 1 is 0.837 bits per heavy atom. The molecule has 1 saturated heterocycles. The third kappa shape index (κ3) is 17.8. The molecule has 0 spiro atoms. The predicted molar refractivity (Wildman–Crippen MR) is 153 cm³/mol. The second-order valence-electron chi connectivity index (χ2n) is 9.96. The van der Waals surface area contributed by atoms with E-state index in [2.05, 4.69) is 5.32 Å². The van der Waals surface area contributed by atoms with E-state index in [-0.39, 0.29) is 46.1 Å². The number of nitrogens with one attached hydrogen (secondary N) is 1. The minimum absolute atomic E-state index is 0.0433. The number of amides is 1. The third-order valence-electron chi connectivity index (χ3n) is 6.52. The molecule has 0 aromatic heterocycles. The van der Waals surface area contributed by atoms with Crippen LogP contribution in [0.3, 0.4) is 0 Å². The van der Waals surface area contributed by atoms with Crippen LogP contribution in [0.5, 0.6) is 0 Å².